The molecule has 0 fully saturated rings. The molecule has 7 aromatic carbocycles. The van der Waals surface area contributed by atoms with Gasteiger partial charge in [0.05, 0.1) is 39.0 Å². The van der Waals surface area contributed by atoms with Crippen LogP contribution < -0.4 is 0 Å². The Hall–Kier alpha value is -6.78. The lowest BCUT2D eigenvalue weighted by molar-refractivity contribution is 0.660. The first-order valence-corrected chi connectivity index (χ1v) is 19.3. The molecule has 0 saturated carbocycles. The highest BCUT2D eigenvalue weighted by molar-refractivity contribution is 6.16. The quantitative estimate of drug-likeness (QED) is 0.184. The molecule has 0 spiro atoms. The van der Waals surface area contributed by atoms with E-state index >= 15 is 0 Å². The van der Waals surface area contributed by atoms with Crippen LogP contribution in [0.1, 0.15) is 42.5 Å². The molecule has 0 unspecified atom stereocenters. The molecule has 2 aliphatic rings. The first-order valence-electron chi connectivity index (χ1n) is 19.3. The summed E-state index contributed by atoms with van der Waals surface area (Å²) in [5.41, 5.74) is 16.6. The van der Waals surface area contributed by atoms with E-state index in [1.807, 2.05) is 0 Å². The summed E-state index contributed by atoms with van der Waals surface area (Å²) < 4.78 is 4.73. The number of benzene rings is 7. The zero-order valence-electron chi connectivity index (χ0n) is 30.7. The van der Waals surface area contributed by atoms with Gasteiger partial charge < -0.3 is 4.57 Å². The zero-order valence-corrected chi connectivity index (χ0v) is 30.7. The maximum atomic E-state index is 5.59. The minimum atomic E-state index is -0.0652. The van der Waals surface area contributed by atoms with E-state index in [9.17, 15) is 0 Å². The molecule has 0 bridgehead atoms. The summed E-state index contributed by atoms with van der Waals surface area (Å²) in [6.45, 7) is 4.67. The maximum absolute atomic E-state index is 5.59. The SMILES string of the molecule is CC1(C)c2ccccc2-c2cc(-c3nc(-n4c5ccccc5c5c(-n6c7ccccc7c7ccccc76)cccc54)nc4c5c(ccc34)CCC=C5)ccc21. The minimum Gasteiger partial charge on any atom is -0.309 e. The number of hydrogen-bond donors (Lipinski definition) is 0. The van der Waals surface area contributed by atoms with Gasteiger partial charge in [0, 0.05) is 43.5 Å². The largest absolute Gasteiger partial charge is 0.309 e. The lowest BCUT2D eigenvalue weighted by Crippen LogP contribution is -2.14. The first-order chi connectivity index (χ1) is 27.1. The summed E-state index contributed by atoms with van der Waals surface area (Å²) in [4.78, 5) is 11.1. The molecule has 0 saturated heterocycles. The van der Waals surface area contributed by atoms with Crippen LogP contribution in [0, 0.1) is 0 Å². The molecule has 260 valence electrons. The molecule has 10 aromatic rings. The van der Waals surface area contributed by atoms with Gasteiger partial charge >= 0.3 is 0 Å². The summed E-state index contributed by atoms with van der Waals surface area (Å²) in [5, 5.41) is 5.93. The molecule has 2 aliphatic carbocycles. The fraction of sp³-hybridized carbons (Fsp3) is 0.0980. The summed E-state index contributed by atoms with van der Waals surface area (Å²) in [6.07, 6.45) is 6.62. The zero-order chi connectivity index (χ0) is 36.4. The van der Waals surface area contributed by atoms with E-state index in [0.29, 0.717) is 5.95 Å². The molecule has 12 rings (SSSR count). The van der Waals surface area contributed by atoms with E-state index < -0.39 is 0 Å². The van der Waals surface area contributed by atoms with Crippen LogP contribution in [0.2, 0.25) is 0 Å². The Balaban J connectivity index is 1.17. The van der Waals surface area contributed by atoms with Crippen LogP contribution in [0.15, 0.2) is 152 Å². The van der Waals surface area contributed by atoms with Crippen LogP contribution in [0.25, 0.3) is 94.6 Å². The lowest BCUT2D eigenvalue weighted by Gasteiger charge is -2.21. The lowest BCUT2D eigenvalue weighted by atomic mass is 9.82. The summed E-state index contributed by atoms with van der Waals surface area (Å²) in [5.74, 6) is 0.682. The number of allylic oxidation sites excluding steroid dienone is 1. The van der Waals surface area contributed by atoms with Crippen molar-refractivity contribution in [2.75, 3.05) is 0 Å². The first kappa shape index (κ1) is 30.7. The predicted molar refractivity (Wildman–Crippen MR) is 229 cm³/mol. The average Bonchev–Trinajstić information content (AvgIpc) is 3.84. The Morgan fingerprint density at radius 2 is 1.22 bits per heavy atom. The molecule has 0 amide bonds. The highest BCUT2D eigenvalue weighted by Gasteiger charge is 2.35. The van der Waals surface area contributed by atoms with Crippen molar-refractivity contribution in [1.82, 2.24) is 19.1 Å². The second-order valence-corrected chi connectivity index (χ2v) is 15.7. The highest BCUT2D eigenvalue weighted by atomic mass is 15.2. The van der Waals surface area contributed by atoms with Gasteiger partial charge in [0.25, 0.3) is 0 Å². The fourth-order valence-corrected chi connectivity index (χ4v) is 9.86. The highest BCUT2D eigenvalue weighted by Crippen LogP contribution is 2.50. The average molecular weight is 705 g/mol. The van der Waals surface area contributed by atoms with Crippen molar-refractivity contribution in [3.05, 3.63) is 174 Å². The fourth-order valence-electron chi connectivity index (χ4n) is 9.86. The maximum Gasteiger partial charge on any atom is 0.235 e. The standard InChI is InChI=1S/C51H36N4/c1-51(2)40-20-9-5-16-34(40)39-30-32(27-29-41(39)51)48-38-28-26-31-14-3-4-15-33(31)49(38)53-50(52-48)55-44-23-12-8-19-37(44)47-45(24-13-25-46(47)55)54-42-21-10-6-17-35(42)36-18-7-11-22-43(36)54/h4-13,15-30H,3,14H2,1-2H3. The molecule has 4 heteroatoms. The van der Waals surface area contributed by atoms with E-state index in [2.05, 4.69) is 181 Å². The van der Waals surface area contributed by atoms with Crippen molar-refractivity contribution in [3.63, 3.8) is 0 Å². The topological polar surface area (TPSA) is 35.6 Å². The predicted octanol–water partition coefficient (Wildman–Crippen LogP) is 12.8. The van der Waals surface area contributed by atoms with Crippen LogP contribution in [0.5, 0.6) is 0 Å². The molecule has 55 heavy (non-hydrogen) atoms. The van der Waals surface area contributed by atoms with Gasteiger partial charge in [0.2, 0.25) is 5.95 Å². The molecule has 0 aliphatic heterocycles. The van der Waals surface area contributed by atoms with Gasteiger partial charge in [-0.3, -0.25) is 4.57 Å². The van der Waals surface area contributed by atoms with E-state index in [4.69, 9.17) is 9.97 Å². The summed E-state index contributed by atoms with van der Waals surface area (Å²) in [6, 6.07) is 53.3. The minimum absolute atomic E-state index is 0.0652. The van der Waals surface area contributed by atoms with Gasteiger partial charge in [-0.2, -0.15) is 0 Å². The third kappa shape index (κ3) is 4.17. The van der Waals surface area contributed by atoms with Crippen LogP contribution in [-0.4, -0.2) is 19.1 Å². The van der Waals surface area contributed by atoms with E-state index in [-0.39, 0.29) is 5.41 Å². The van der Waals surface area contributed by atoms with Gasteiger partial charge in [0.15, 0.2) is 0 Å². The van der Waals surface area contributed by atoms with Crippen LogP contribution in [0.4, 0.5) is 0 Å². The van der Waals surface area contributed by atoms with Crippen molar-refractivity contribution < 1.29 is 0 Å². The van der Waals surface area contributed by atoms with E-state index in [0.717, 1.165) is 51.7 Å². The van der Waals surface area contributed by atoms with Crippen molar-refractivity contribution >= 4 is 60.6 Å². The van der Waals surface area contributed by atoms with Gasteiger partial charge in [-0.15, -0.1) is 0 Å². The number of aryl methyl sites for hydroxylation is 1. The third-order valence-corrected chi connectivity index (χ3v) is 12.4. The summed E-state index contributed by atoms with van der Waals surface area (Å²) >= 11 is 0. The van der Waals surface area contributed by atoms with Crippen LogP contribution >= 0.6 is 0 Å². The van der Waals surface area contributed by atoms with Crippen molar-refractivity contribution in [2.24, 2.45) is 0 Å². The Kier molecular flexibility index (Phi) is 6.20. The van der Waals surface area contributed by atoms with E-state index in [1.165, 1.54) is 66.0 Å². The Morgan fingerprint density at radius 3 is 2.02 bits per heavy atom. The monoisotopic (exact) mass is 704 g/mol. The summed E-state index contributed by atoms with van der Waals surface area (Å²) in [7, 11) is 0. The van der Waals surface area contributed by atoms with Gasteiger partial charge in [-0.1, -0.05) is 135 Å². The Bertz CT molecular complexity index is 3250. The number of hydrogen-bond acceptors (Lipinski definition) is 2. The molecule has 0 radical (unpaired) electrons. The number of rotatable bonds is 3. The number of nitrogens with zero attached hydrogens (tertiary/aromatic N) is 4. The Morgan fingerprint density at radius 1 is 0.545 bits per heavy atom. The third-order valence-electron chi connectivity index (χ3n) is 12.4. The van der Waals surface area contributed by atoms with Crippen LogP contribution in [-0.2, 0) is 11.8 Å². The molecular weight excluding hydrogens is 669 g/mol. The smallest absolute Gasteiger partial charge is 0.235 e. The molecule has 3 aromatic heterocycles. The second-order valence-electron chi connectivity index (χ2n) is 15.7. The molecule has 0 atom stereocenters. The van der Waals surface area contributed by atoms with Gasteiger partial charge in [0.1, 0.15) is 0 Å². The molecule has 3 heterocycles. The van der Waals surface area contributed by atoms with E-state index in [1.54, 1.807) is 0 Å². The number of aromatic nitrogens is 4. The van der Waals surface area contributed by atoms with Crippen molar-refractivity contribution in [1.29, 1.82) is 0 Å². The van der Waals surface area contributed by atoms with Crippen LogP contribution in [0.3, 0.4) is 0 Å². The van der Waals surface area contributed by atoms with Crippen molar-refractivity contribution in [3.8, 4) is 34.0 Å². The molecular formula is C51H36N4. The normalized spacial score (nSPS) is 14.3. The van der Waals surface area contributed by atoms with Gasteiger partial charge in [-0.05, 0) is 77.1 Å². The van der Waals surface area contributed by atoms with Gasteiger partial charge in [-0.25, -0.2) is 9.97 Å². The molecule has 0 N–H and O–H groups in total. The Labute approximate surface area is 318 Å². The second kappa shape index (κ2) is 11.1. The molecule has 4 nitrogen and oxygen atoms in total. The van der Waals surface area contributed by atoms with Crippen molar-refractivity contribution in [2.45, 2.75) is 32.1 Å². The number of fused-ring (bicyclic) bond motifs is 12. The number of para-hydroxylation sites is 3.